The molecule has 6 nitrogen and oxygen atoms in total. The number of ether oxygens (including phenoxy) is 1. The van der Waals surface area contributed by atoms with Gasteiger partial charge in [-0.05, 0) is 31.5 Å². The number of carbonyl (C=O) groups excluding carboxylic acids is 2. The van der Waals surface area contributed by atoms with E-state index in [1.807, 2.05) is 13.8 Å². The van der Waals surface area contributed by atoms with Crippen molar-refractivity contribution in [3.05, 3.63) is 29.3 Å². The summed E-state index contributed by atoms with van der Waals surface area (Å²) < 4.78 is 5.06. The van der Waals surface area contributed by atoms with Gasteiger partial charge in [0, 0.05) is 10.4 Å². The lowest BCUT2D eigenvalue weighted by Crippen LogP contribution is -2.52. The van der Waals surface area contributed by atoms with E-state index in [2.05, 4.69) is 16.2 Å². The van der Waals surface area contributed by atoms with Crippen molar-refractivity contribution in [3.8, 4) is 0 Å². The van der Waals surface area contributed by atoms with E-state index in [4.69, 9.17) is 16.3 Å². The van der Waals surface area contributed by atoms with E-state index >= 15 is 0 Å². The molecule has 0 aromatic heterocycles. The topological polar surface area (TPSA) is 79.5 Å². The first-order valence-electron chi connectivity index (χ1n) is 7.08. The summed E-state index contributed by atoms with van der Waals surface area (Å²) in [4.78, 5) is 24.1. The molecule has 3 N–H and O–H groups in total. The van der Waals surface area contributed by atoms with Gasteiger partial charge in [-0.2, -0.15) is 0 Å². The lowest BCUT2D eigenvalue weighted by atomic mass is 10.1. The zero-order valence-corrected chi connectivity index (χ0v) is 13.6. The van der Waals surface area contributed by atoms with Crippen LogP contribution in [0.5, 0.6) is 0 Å². The Kier molecular flexibility index (Phi) is 4.51. The monoisotopic (exact) mass is 325 g/mol. The molecule has 1 aromatic rings. The Morgan fingerprint density at radius 1 is 1.36 bits per heavy atom. The van der Waals surface area contributed by atoms with Gasteiger partial charge in [0.05, 0.1) is 12.3 Å². The van der Waals surface area contributed by atoms with Crippen molar-refractivity contribution in [2.24, 2.45) is 5.41 Å². The zero-order valence-electron chi connectivity index (χ0n) is 12.8. The Bertz CT molecular complexity index is 591. The fraction of sp³-hybridized carbons (Fsp3) is 0.467. The maximum absolute atomic E-state index is 12.1. The number of halogens is 1. The third-order valence-electron chi connectivity index (χ3n) is 3.83. The highest BCUT2D eigenvalue weighted by Gasteiger charge is 2.68. The van der Waals surface area contributed by atoms with Crippen molar-refractivity contribution in [2.45, 2.75) is 32.7 Å². The number of esters is 1. The summed E-state index contributed by atoms with van der Waals surface area (Å²) in [6.07, 6.45) is 0.545. The maximum Gasteiger partial charge on any atom is 0.334 e. The van der Waals surface area contributed by atoms with Gasteiger partial charge >= 0.3 is 12.0 Å². The van der Waals surface area contributed by atoms with E-state index in [1.165, 1.54) is 0 Å². The highest BCUT2D eigenvalue weighted by Crippen LogP contribution is 2.56. The highest BCUT2D eigenvalue weighted by atomic mass is 35.5. The van der Waals surface area contributed by atoms with Crippen molar-refractivity contribution >= 4 is 29.3 Å². The summed E-state index contributed by atoms with van der Waals surface area (Å²) in [7, 11) is 0. The van der Waals surface area contributed by atoms with E-state index in [0.29, 0.717) is 17.1 Å². The van der Waals surface area contributed by atoms with Crippen molar-refractivity contribution in [2.75, 3.05) is 12.0 Å². The largest absolute Gasteiger partial charge is 0.464 e. The standard InChI is InChI=1S/C15H20ClN3O3/c1-4-22-12(20)15(9-14(15,2)3)17-13(21)19-18-11-7-5-6-10(16)8-11/h5-8,18H,4,9H2,1-3H3,(H2,17,19,21). The first kappa shape index (κ1) is 16.4. The first-order chi connectivity index (χ1) is 10.3. The lowest BCUT2D eigenvalue weighted by molar-refractivity contribution is -0.147. The van der Waals surface area contributed by atoms with Crippen LogP contribution in [-0.2, 0) is 9.53 Å². The Morgan fingerprint density at radius 2 is 2.05 bits per heavy atom. The van der Waals surface area contributed by atoms with Crippen molar-refractivity contribution in [3.63, 3.8) is 0 Å². The Morgan fingerprint density at radius 3 is 2.59 bits per heavy atom. The minimum Gasteiger partial charge on any atom is -0.464 e. The minimum absolute atomic E-state index is 0.278. The smallest absolute Gasteiger partial charge is 0.334 e. The molecule has 1 fully saturated rings. The molecule has 1 unspecified atom stereocenters. The summed E-state index contributed by atoms with van der Waals surface area (Å²) >= 11 is 5.86. The molecule has 0 saturated heterocycles. The van der Waals surface area contributed by atoms with Crippen LogP contribution in [0, 0.1) is 5.41 Å². The molecule has 1 aliphatic rings. The molecule has 0 radical (unpaired) electrons. The summed E-state index contributed by atoms with van der Waals surface area (Å²) in [5, 5.41) is 3.26. The molecule has 1 aliphatic carbocycles. The molecule has 0 heterocycles. The average molecular weight is 326 g/mol. The third kappa shape index (κ3) is 3.27. The number of urea groups is 1. The van der Waals surface area contributed by atoms with Gasteiger partial charge in [-0.3, -0.25) is 10.9 Å². The predicted octanol–water partition coefficient (Wildman–Crippen LogP) is 2.70. The lowest BCUT2D eigenvalue weighted by Gasteiger charge is -2.21. The Balaban J connectivity index is 1.94. The van der Waals surface area contributed by atoms with E-state index in [9.17, 15) is 9.59 Å². The molecule has 1 saturated carbocycles. The number of hydrogen-bond acceptors (Lipinski definition) is 4. The molecule has 2 rings (SSSR count). The second kappa shape index (κ2) is 6.04. The second-order valence-electron chi connectivity index (χ2n) is 5.90. The summed E-state index contributed by atoms with van der Waals surface area (Å²) in [6, 6.07) is 6.42. The number of hydrogen-bond donors (Lipinski definition) is 3. The van der Waals surface area contributed by atoms with Gasteiger partial charge in [0.25, 0.3) is 0 Å². The van der Waals surface area contributed by atoms with Gasteiger partial charge in [-0.25, -0.2) is 9.59 Å². The van der Waals surface area contributed by atoms with Crippen molar-refractivity contribution in [1.82, 2.24) is 10.7 Å². The Labute approximate surface area is 134 Å². The fourth-order valence-electron chi connectivity index (χ4n) is 2.41. The number of benzene rings is 1. The molecule has 2 amide bonds. The molecule has 0 spiro atoms. The fourth-order valence-corrected chi connectivity index (χ4v) is 2.60. The molecule has 7 heteroatoms. The summed E-state index contributed by atoms with van der Waals surface area (Å²) in [5.41, 5.74) is 4.57. The summed E-state index contributed by atoms with van der Waals surface area (Å²) in [5.74, 6) is -0.405. The molecule has 120 valence electrons. The highest BCUT2D eigenvalue weighted by molar-refractivity contribution is 6.30. The molecule has 0 bridgehead atoms. The summed E-state index contributed by atoms with van der Waals surface area (Å²) in [6.45, 7) is 5.84. The van der Waals surface area contributed by atoms with Crippen LogP contribution in [0.2, 0.25) is 5.02 Å². The number of hydrazine groups is 1. The molecule has 0 aliphatic heterocycles. The predicted molar refractivity (Wildman–Crippen MR) is 84.5 cm³/mol. The SMILES string of the molecule is CCOC(=O)C1(NC(=O)NNc2cccc(Cl)c2)CC1(C)C. The number of nitrogens with one attached hydrogen (secondary N) is 3. The van der Waals surface area contributed by atoms with Crippen LogP contribution in [0.15, 0.2) is 24.3 Å². The van der Waals surface area contributed by atoms with E-state index in [-0.39, 0.29) is 12.0 Å². The van der Waals surface area contributed by atoms with Crippen LogP contribution < -0.4 is 16.2 Å². The Hall–Kier alpha value is -1.95. The molecule has 22 heavy (non-hydrogen) atoms. The normalized spacial score (nSPS) is 21.6. The van der Waals surface area contributed by atoms with Crippen LogP contribution in [0.3, 0.4) is 0 Å². The van der Waals surface area contributed by atoms with Crippen LogP contribution in [-0.4, -0.2) is 24.1 Å². The van der Waals surface area contributed by atoms with Crippen LogP contribution >= 0.6 is 11.6 Å². The molecule has 1 aromatic carbocycles. The van der Waals surface area contributed by atoms with Crippen LogP contribution in [0.4, 0.5) is 10.5 Å². The maximum atomic E-state index is 12.1. The molecule has 1 atom stereocenters. The minimum atomic E-state index is -0.969. The van der Waals surface area contributed by atoms with Crippen LogP contribution in [0.1, 0.15) is 27.2 Å². The number of anilines is 1. The van der Waals surface area contributed by atoms with E-state index in [1.54, 1.807) is 31.2 Å². The van der Waals surface area contributed by atoms with E-state index in [0.717, 1.165) is 0 Å². The third-order valence-corrected chi connectivity index (χ3v) is 4.07. The van der Waals surface area contributed by atoms with Gasteiger partial charge < -0.3 is 10.1 Å². The van der Waals surface area contributed by atoms with Crippen LogP contribution in [0.25, 0.3) is 0 Å². The van der Waals surface area contributed by atoms with Gasteiger partial charge in [-0.1, -0.05) is 31.5 Å². The van der Waals surface area contributed by atoms with Gasteiger partial charge in [-0.15, -0.1) is 0 Å². The van der Waals surface area contributed by atoms with Crippen molar-refractivity contribution in [1.29, 1.82) is 0 Å². The molecular formula is C15H20ClN3O3. The average Bonchev–Trinajstić information content (AvgIpc) is 2.99. The second-order valence-corrected chi connectivity index (χ2v) is 6.34. The first-order valence-corrected chi connectivity index (χ1v) is 7.45. The number of carbonyl (C=O) groups is 2. The van der Waals surface area contributed by atoms with Crippen molar-refractivity contribution < 1.29 is 14.3 Å². The quantitative estimate of drug-likeness (QED) is 0.574. The zero-order chi connectivity index (χ0) is 16.4. The van der Waals surface area contributed by atoms with Gasteiger partial charge in [0.1, 0.15) is 5.54 Å². The van der Waals surface area contributed by atoms with Gasteiger partial charge in [0.15, 0.2) is 0 Å². The number of amides is 2. The number of rotatable bonds is 5. The molecular weight excluding hydrogens is 306 g/mol. The van der Waals surface area contributed by atoms with Gasteiger partial charge in [0.2, 0.25) is 0 Å². The van der Waals surface area contributed by atoms with E-state index < -0.39 is 17.5 Å².